The van der Waals surface area contributed by atoms with Gasteiger partial charge in [0, 0.05) is 48.1 Å². The molecule has 4 aromatic rings. The molecule has 1 aromatic heterocycles. The Labute approximate surface area is 233 Å². The lowest BCUT2D eigenvalue weighted by molar-refractivity contribution is -0.113. The summed E-state index contributed by atoms with van der Waals surface area (Å²) in [5.41, 5.74) is 3.01. The van der Waals surface area contributed by atoms with Crippen LogP contribution in [0.5, 0.6) is 0 Å². The maximum absolute atomic E-state index is 12.7. The van der Waals surface area contributed by atoms with Crippen LogP contribution in [0.15, 0.2) is 82.4 Å². The standard InChI is InChI=1S/C27H23Cl2N5O3S/c28-19-7-5-18(6-8-19)26(36)34-15-13-33(14-16-34)21-11-9-20(10-12-21)30-24(35)17-38-27-32-31-25(37-27)22-3-1-2-4-23(22)29/h1-12H,13-17H2,(H,30,35). The number of thioether (sulfide) groups is 1. The average Bonchev–Trinajstić information content (AvgIpc) is 3.42. The summed E-state index contributed by atoms with van der Waals surface area (Å²) < 4.78 is 5.63. The van der Waals surface area contributed by atoms with Crippen molar-refractivity contribution in [3.05, 3.63) is 88.4 Å². The Morgan fingerprint density at radius 1 is 0.895 bits per heavy atom. The molecule has 5 rings (SSSR count). The van der Waals surface area contributed by atoms with Crippen molar-refractivity contribution in [1.82, 2.24) is 15.1 Å². The van der Waals surface area contributed by atoms with Crippen LogP contribution in [0.4, 0.5) is 11.4 Å². The van der Waals surface area contributed by atoms with Gasteiger partial charge in [0.15, 0.2) is 0 Å². The van der Waals surface area contributed by atoms with E-state index in [1.54, 1.807) is 36.4 Å². The molecular formula is C27H23Cl2N5O3S. The molecule has 0 saturated carbocycles. The Kier molecular flexibility index (Phi) is 8.17. The predicted molar refractivity (Wildman–Crippen MR) is 150 cm³/mol. The zero-order valence-electron chi connectivity index (χ0n) is 20.1. The van der Waals surface area contributed by atoms with E-state index in [1.807, 2.05) is 41.3 Å². The molecule has 0 atom stereocenters. The van der Waals surface area contributed by atoms with Gasteiger partial charge in [-0.25, -0.2) is 0 Å². The molecule has 1 N–H and O–H groups in total. The van der Waals surface area contributed by atoms with E-state index in [4.69, 9.17) is 27.6 Å². The Morgan fingerprint density at radius 3 is 2.32 bits per heavy atom. The Hall–Kier alpha value is -3.53. The average molecular weight is 568 g/mol. The van der Waals surface area contributed by atoms with Crippen molar-refractivity contribution in [2.75, 3.05) is 42.1 Å². The van der Waals surface area contributed by atoms with Crippen molar-refractivity contribution in [2.24, 2.45) is 0 Å². The van der Waals surface area contributed by atoms with Crippen molar-refractivity contribution in [3.63, 3.8) is 0 Å². The highest BCUT2D eigenvalue weighted by atomic mass is 35.5. The molecule has 1 saturated heterocycles. The molecule has 0 bridgehead atoms. The molecule has 2 heterocycles. The zero-order chi connectivity index (χ0) is 26.5. The van der Waals surface area contributed by atoms with Crippen LogP contribution in [0.3, 0.4) is 0 Å². The van der Waals surface area contributed by atoms with Crippen LogP contribution in [-0.4, -0.2) is 58.8 Å². The SMILES string of the molecule is O=C(CSc1nnc(-c2ccccc2Cl)o1)Nc1ccc(N2CCN(C(=O)c3ccc(Cl)cc3)CC2)cc1. The summed E-state index contributed by atoms with van der Waals surface area (Å²) in [6, 6.07) is 21.8. The first-order chi connectivity index (χ1) is 18.5. The molecule has 2 amide bonds. The van der Waals surface area contributed by atoms with Crippen LogP contribution >= 0.6 is 35.0 Å². The van der Waals surface area contributed by atoms with Gasteiger partial charge in [-0.05, 0) is 60.7 Å². The Bertz CT molecular complexity index is 1420. The summed E-state index contributed by atoms with van der Waals surface area (Å²) in [6.07, 6.45) is 0. The number of nitrogens with zero attached hydrogens (tertiary/aromatic N) is 4. The van der Waals surface area contributed by atoms with Gasteiger partial charge < -0.3 is 19.5 Å². The fourth-order valence-corrected chi connectivity index (χ4v) is 4.94. The van der Waals surface area contributed by atoms with Gasteiger partial charge in [0.05, 0.1) is 16.3 Å². The van der Waals surface area contributed by atoms with Crippen molar-refractivity contribution < 1.29 is 14.0 Å². The van der Waals surface area contributed by atoms with Crippen LogP contribution in [0, 0.1) is 0 Å². The summed E-state index contributed by atoms with van der Waals surface area (Å²) in [5.74, 6) is 0.256. The quantitative estimate of drug-likeness (QED) is 0.285. The van der Waals surface area contributed by atoms with Gasteiger partial charge in [0.2, 0.25) is 11.8 Å². The number of carbonyl (C=O) groups excluding carboxylic acids is 2. The van der Waals surface area contributed by atoms with Crippen LogP contribution in [-0.2, 0) is 4.79 Å². The minimum absolute atomic E-state index is 0.0119. The minimum Gasteiger partial charge on any atom is -0.411 e. The third kappa shape index (κ3) is 6.30. The number of aromatic nitrogens is 2. The Morgan fingerprint density at radius 2 is 1.61 bits per heavy atom. The summed E-state index contributed by atoms with van der Waals surface area (Å²) in [5, 5.41) is 12.3. The van der Waals surface area contributed by atoms with Crippen molar-refractivity contribution in [3.8, 4) is 11.5 Å². The maximum atomic E-state index is 12.7. The normalized spacial score (nSPS) is 13.4. The third-order valence-corrected chi connectivity index (χ3v) is 7.41. The lowest BCUT2D eigenvalue weighted by Gasteiger charge is -2.36. The smallest absolute Gasteiger partial charge is 0.277 e. The van der Waals surface area contributed by atoms with E-state index in [0.717, 1.165) is 30.5 Å². The molecule has 0 unspecified atom stereocenters. The summed E-state index contributed by atoms with van der Waals surface area (Å²) >= 11 is 13.3. The Balaban J connectivity index is 1.09. The van der Waals surface area contributed by atoms with E-state index in [9.17, 15) is 9.59 Å². The van der Waals surface area contributed by atoms with Crippen LogP contribution in [0.2, 0.25) is 10.0 Å². The van der Waals surface area contributed by atoms with Gasteiger partial charge in [-0.15, -0.1) is 10.2 Å². The number of anilines is 2. The second kappa shape index (κ2) is 11.9. The van der Waals surface area contributed by atoms with Crippen LogP contribution in [0.25, 0.3) is 11.5 Å². The second-order valence-corrected chi connectivity index (χ2v) is 10.3. The molecular weight excluding hydrogens is 545 g/mol. The number of hydrogen-bond donors (Lipinski definition) is 1. The van der Waals surface area contributed by atoms with Gasteiger partial charge in [0.25, 0.3) is 11.1 Å². The number of amides is 2. The van der Waals surface area contributed by atoms with Gasteiger partial charge in [-0.3, -0.25) is 9.59 Å². The van der Waals surface area contributed by atoms with Crippen molar-refractivity contribution in [1.29, 1.82) is 0 Å². The number of halogens is 2. The molecule has 11 heteroatoms. The molecule has 0 radical (unpaired) electrons. The molecule has 0 aliphatic carbocycles. The van der Waals surface area contributed by atoms with Gasteiger partial charge in [-0.1, -0.05) is 47.1 Å². The van der Waals surface area contributed by atoms with Crippen molar-refractivity contribution >= 4 is 58.2 Å². The van der Waals surface area contributed by atoms with E-state index < -0.39 is 0 Å². The van der Waals surface area contributed by atoms with E-state index in [1.165, 1.54) is 0 Å². The summed E-state index contributed by atoms with van der Waals surface area (Å²) in [4.78, 5) is 29.2. The number of benzene rings is 3. The van der Waals surface area contributed by atoms with E-state index in [0.29, 0.717) is 51.1 Å². The molecule has 1 fully saturated rings. The first-order valence-corrected chi connectivity index (χ1v) is 13.6. The molecule has 0 spiro atoms. The zero-order valence-corrected chi connectivity index (χ0v) is 22.5. The molecule has 38 heavy (non-hydrogen) atoms. The van der Waals surface area contributed by atoms with E-state index in [2.05, 4.69) is 20.4 Å². The summed E-state index contributed by atoms with van der Waals surface area (Å²) in [7, 11) is 0. The largest absolute Gasteiger partial charge is 0.411 e. The molecule has 8 nitrogen and oxygen atoms in total. The summed E-state index contributed by atoms with van der Waals surface area (Å²) in [6.45, 7) is 2.71. The number of rotatable bonds is 7. The van der Waals surface area contributed by atoms with E-state index >= 15 is 0 Å². The fourth-order valence-electron chi connectivity index (χ4n) is 4.03. The highest BCUT2D eigenvalue weighted by molar-refractivity contribution is 7.99. The molecule has 1 aliphatic heterocycles. The number of hydrogen-bond acceptors (Lipinski definition) is 7. The maximum Gasteiger partial charge on any atom is 0.277 e. The third-order valence-electron chi connectivity index (χ3n) is 6.01. The molecule has 194 valence electrons. The molecule has 1 aliphatic rings. The topological polar surface area (TPSA) is 91.6 Å². The lowest BCUT2D eigenvalue weighted by atomic mass is 10.1. The van der Waals surface area contributed by atoms with Gasteiger partial charge in [0.1, 0.15) is 0 Å². The monoisotopic (exact) mass is 567 g/mol. The second-order valence-electron chi connectivity index (χ2n) is 8.52. The van der Waals surface area contributed by atoms with Gasteiger partial charge in [-0.2, -0.15) is 0 Å². The highest BCUT2D eigenvalue weighted by Crippen LogP contribution is 2.29. The number of piperazine rings is 1. The predicted octanol–water partition coefficient (Wildman–Crippen LogP) is 5.74. The van der Waals surface area contributed by atoms with Crippen LogP contribution in [0.1, 0.15) is 10.4 Å². The van der Waals surface area contributed by atoms with Gasteiger partial charge >= 0.3 is 0 Å². The lowest BCUT2D eigenvalue weighted by Crippen LogP contribution is -2.48. The number of carbonyl (C=O) groups is 2. The minimum atomic E-state index is -0.186. The first-order valence-electron chi connectivity index (χ1n) is 11.9. The highest BCUT2D eigenvalue weighted by Gasteiger charge is 2.22. The van der Waals surface area contributed by atoms with Crippen LogP contribution < -0.4 is 10.2 Å². The van der Waals surface area contributed by atoms with Crippen molar-refractivity contribution in [2.45, 2.75) is 5.22 Å². The van der Waals surface area contributed by atoms with E-state index in [-0.39, 0.29) is 17.6 Å². The number of nitrogens with one attached hydrogen (secondary N) is 1. The fraction of sp³-hybridized carbons (Fsp3) is 0.185. The molecule has 3 aromatic carbocycles. The first kappa shape index (κ1) is 26.1.